The average molecular weight is 804 g/mol. The summed E-state index contributed by atoms with van der Waals surface area (Å²) < 4.78 is 7.79. The van der Waals surface area contributed by atoms with Gasteiger partial charge in [-0.2, -0.15) is 0 Å². The van der Waals surface area contributed by atoms with Crippen LogP contribution >= 0.6 is 22.7 Å². The Morgan fingerprint density at radius 3 is 1.98 bits per heavy atom. The van der Waals surface area contributed by atoms with E-state index < -0.39 is 0 Å². The van der Waals surface area contributed by atoms with Crippen LogP contribution in [0.1, 0.15) is 26.3 Å². The van der Waals surface area contributed by atoms with E-state index in [9.17, 15) is 0 Å². The summed E-state index contributed by atoms with van der Waals surface area (Å²) in [7, 11) is 0. The molecule has 0 bridgehead atoms. The van der Waals surface area contributed by atoms with Gasteiger partial charge in [0.05, 0.1) is 27.1 Å². The lowest BCUT2D eigenvalue weighted by molar-refractivity contribution is 0.591. The number of nitrogens with zero attached hydrogens (tertiary/aromatic N) is 3. The molecule has 13 rings (SSSR count). The van der Waals surface area contributed by atoms with Gasteiger partial charge in [-0.1, -0.05) is 124 Å². The first-order valence-corrected chi connectivity index (χ1v) is 22.4. The van der Waals surface area contributed by atoms with Gasteiger partial charge in [-0.15, -0.1) is 22.7 Å². The Morgan fingerprint density at radius 2 is 1.12 bits per heavy atom. The van der Waals surface area contributed by atoms with Gasteiger partial charge in [0, 0.05) is 69.5 Å². The summed E-state index contributed by atoms with van der Waals surface area (Å²) in [6.45, 7) is 7.05. The maximum Gasteiger partial charge on any atom is 0.264 e. The fourth-order valence-electron chi connectivity index (χ4n) is 10.2. The van der Waals surface area contributed by atoms with Crippen LogP contribution in [0.2, 0.25) is 0 Å². The predicted octanol–water partition coefficient (Wildman–Crippen LogP) is 13.7. The van der Waals surface area contributed by atoms with Gasteiger partial charge in [0.15, 0.2) is 0 Å². The second kappa shape index (κ2) is 12.5. The van der Waals surface area contributed by atoms with E-state index in [0.717, 1.165) is 11.4 Å². The van der Waals surface area contributed by atoms with E-state index in [1.807, 2.05) is 22.7 Å². The minimum atomic E-state index is 0.00860. The molecule has 0 unspecified atom stereocenters. The van der Waals surface area contributed by atoms with Gasteiger partial charge >= 0.3 is 0 Å². The topological polar surface area (TPSA) is 11.4 Å². The Hall–Kier alpha value is -6.60. The highest BCUT2D eigenvalue weighted by atomic mass is 32.1. The Morgan fingerprint density at radius 1 is 0.450 bits per heavy atom. The van der Waals surface area contributed by atoms with Crippen molar-refractivity contribution in [2.45, 2.75) is 26.2 Å². The molecule has 0 spiro atoms. The quantitative estimate of drug-likeness (QED) is 0.165. The molecule has 60 heavy (non-hydrogen) atoms. The van der Waals surface area contributed by atoms with Crippen LogP contribution in [0.25, 0.3) is 57.8 Å². The molecule has 0 fully saturated rings. The van der Waals surface area contributed by atoms with Crippen molar-refractivity contribution in [1.82, 2.24) is 4.57 Å². The van der Waals surface area contributed by atoms with Crippen molar-refractivity contribution in [1.29, 1.82) is 0 Å². The largest absolute Gasteiger partial charge is 0.310 e. The van der Waals surface area contributed by atoms with Crippen LogP contribution in [-0.2, 0) is 5.41 Å². The Kier molecular flexibility index (Phi) is 7.12. The van der Waals surface area contributed by atoms with Crippen molar-refractivity contribution in [3.63, 3.8) is 0 Å². The summed E-state index contributed by atoms with van der Waals surface area (Å²) in [4.78, 5) is 5.17. The summed E-state index contributed by atoms with van der Waals surface area (Å²) in [6, 6.07) is 65.9. The molecular weight excluding hydrogens is 766 g/mol. The number of thiophene rings is 2. The summed E-state index contributed by atoms with van der Waals surface area (Å²) >= 11 is 3.86. The molecule has 0 saturated heterocycles. The molecule has 0 radical (unpaired) electrons. The summed E-state index contributed by atoms with van der Waals surface area (Å²) in [6.07, 6.45) is 0. The number of benzene rings is 8. The molecule has 0 atom stereocenters. The van der Waals surface area contributed by atoms with Crippen molar-refractivity contribution < 1.29 is 0 Å². The Balaban J connectivity index is 1.13. The first-order chi connectivity index (χ1) is 29.4. The van der Waals surface area contributed by atoms with Crippen LogP contribution in [-0.4, -0.2) is 11.3 Å². The molecule has 11 aromatic rings. The van der Waals surface area contributed by atoms with E-state index in [1.54, 1.807) is 0 Å². The number of hydrogen-bond acceptors (Lipinski definition) is 4. The summed E-state index contributed by atoms with van der Waals surface area (Å²) in [5, 5.41) is 6.46. The molecule has 5 heterocycles. The molecule has 0 aliphatic carbocycles. The second-order valence-corrected chi connectivity index (χ2v) is 19.4. The maximum absolute atomic E-state index is 2.61. The van der Waals surface area contributed by atoms with Crippen molar-refractivity contribution in [2.75, 3.05) is 9.80 Å². The predicted molar refractivity (Wildman–Crippen MR) is 262 cm³/mol. The fraction of sp³-hybridized carbons (Fsp3) is 0.0741. The first-order valence-electron chi connectivity index (χ1n) is 20.8. The minimum Gasteiger partial charge on any atom is -0.310 e. The Bertz CT molecular complexity index is 3570. The van der Waals surface area contributed by atoms with Crippen molar-refractivity contribution in [2.24, 2.45) is 0 Å². The highest BCUT2D eigenvalue weighted by Crippen LogP contribution is 2.51. The zero-order valence-corrected chi connectivity index (χ0v) is 35.1. The van der Waals surface area contributed by atoms with E-state index in [1.165, 1.54) is 102 Å². The van der Waals surface area contributed by atoms with Gasteiger partial charge in [0.2, 0.25) is 0 Å². The van der Waals surface area contributed by atoms with Crippen LogP contribution in [0.5, 0.6) is 0 Å². The molecule has 0 amide bonds. The molecule has 0 N–H and O–H groups in total. The Labute approximate surface area is 357 Å². The number of hydrogen-bond donors (Lipinski definition) is 0. The molecule has 3 aromatic heterocycles. The molecule has 0 saturated carbocycles. The van der Waals surface area contributed by atoms with E-state index in [2.05, 4.69) is 211 Å². The normalized spacial score (nSPS) is 13.5. The molecule has 3 nitrogen and oxygen atoms in total. The van der Waals surface area contributed by atoms with E-state index in [0.29, 0.717) is 0 Å². The third-order valence-electron chi connectivity index (χ3n) is 12.9. The maximum atomic E-state index is 2.61. The van der Waals surface area contributed by atoms with E-state index in [4.69, 9.17) is 0 Å². The van der Waals surface area contributed by atoms with Crippen molar-refractivity contribution in [3.05, 3.63) is 181 Å². The van der Waals surface area contributed by atoms with Crippen molar-refractivity contribution >= 4 is 131 Å². The lowest BCUT2D eigenvalue weighted by Gasteiger charge is -2.43. The molecule has 2 aliphatic heterocycles. The molecular formula is C54H38BN3S2. The summed E-state index contributed by atoms with van der Waals surface area (Å²) in [5.41, 5.74) is 15.0. The van der Waals surface area contributed by atoms with Crippen molar-refractivity contribution in [3.8, 4) is 5.69 Å². The molecule has 2 aliphatic rings. The number of aromatic nitrogens is 1. The third kappa shape index (κ3) is 4.72. The third-order valence-corrected chi connectivity index (χ3v) is 15.3. The average Bonchev–Trinajstić information content (AvgIpc) is 3.96. The van der Waals surface area contributed by atoms with Gasteiger partial charge in [-0.25, -0.2) is 0 Å². The highest BCUT2D eigenvalue weighted by molar-refractivity contribution is 7.33. The van der Waals surface area contributed by atoms with E-state index in [-0.39, 0.29) is 12.1 Å². The van der Waals surface area contributed by atoms with Crippen LogP contribution in [0.4, 0.5) is 34.1 Å². The van der Waals surface area contributed by atoms with Crippen LogP contribution in [0, 0.1) is 0 Å². The molecule has 284 valence electrons. The van der Waals surface area contributed by atoms with Gasteiger partial charge in [-0.05, 0) is 94.7 Å². The van der Waals surface area contributed by atoms with Gasteiger partial charge in [0.25, 0.3) is 6.71 Å². The number of para-hydroxylation sites is 3. The van der Waals surface area contributed by atoms with Crippen LogP contribution in [0.3, 0.4) is 0 Å². The summed E-state index contributed by atoms with van der Waals surface area (Å²) in [5.74, 6) is 0. The highest BCUT2D eigenvalue weighted by Gasteiger charge is 2.45. The fourth-order valence-corrected chi connectivity index (χ4v) is 12.7. The SMILES string of the molecule is CC(C)(C)c1ccc2sc3c(c2c1)N(c1ccc2c4ccccc4n(-c4ccccc4)c2c1)c1cccc2c1B3c1ccccc1N2c1cccc2c1sc1ccccc12. The monoisotopic (exact) mass is 803 g/mol. The van der Waals surface area contributed by atoms with Gasteiger partial charge in [0.1, 0.15) is 0 Å². The molecule has 8 aromatic carbocycles. The zero-order chi connectivity index (χ0) is 39.9. The van der Waals surface area contributed by atoms with Crippen LogP contribution in [0.15, 0.2) is 176 Å². The minimum absolute atomic E-state index is 0.00860. The van der Waals surface area contributed by atoms with Gasteiger partial charge < -0.3 is 14.4 Å². The number of rotatable bonds is 3. The van der Waals surface area contributed by atoms with E-state index >= 15 is 0 Å². The second-order valence-electron chi connectivity index (χ2n) is 17.3. The lowest BCUT2D eigenvalue weighted by Crippen LogP contribution is -2.60. The van der Waals surface area contributed by atoms with Crippen LogP contribution < -0.4 is 25.5 Å². The zero-order valence-electron chi connectivity index (χ0n) is 33.5. The van der Waals surface area contributed by atoms with Gasteiger partial charge in [-0.3, -0.25) is 0 Å². The number of anilines is 6. The smallest absolute Gasteiger partial charge is 0.264 e. The standard InChI is InChI=1S/C54H38BN3S2/c1-54(2,3)33-27-30-49-40(31-33)51-53(60-49)55-41-20-9-11-22-43(41)58(46-25-13-19-39-38-18-8-12-26-48(38)59-52(39)46)45-24-14-23-44(50(45)55)57(51)35-28-29-37-36-17-7-10-21-42(36)56(47(37)32-35)34-15-5-4-6-16-34/h4-32H,1-3H3. The lowest BCUT2D eigenvalue weighted by atomic mass is 9.36. The molecule has 6 heteroatoms. The number of fused-ring (bicyclic) bond motifs is 12. The first kappa shape index (κ1) is 34.3.